The first-order valence-electron chi connectivity index (χ1n) is 8.47. The Bertz CT molecular complexity index is 324. The van der Waals surface area contributed by atoms with Crippen molar-refractivity contribution in [3.63, 3.8) is 0 Å². The molecule has 0 aliphatic heterocycles. The van der Waals surface area contributed by atoms with Crippen molar-refractivity contribution in [1.29, 1.82) is 0 Å². The first-order valence-corrected chi connectivity index (χ1v) is 10.4. The van der Waals surface area contributed by atoms with E-state index in [-0.39, 0.29) is 11.8 Å². The number of carbonyl (C=O) groups is 2. The van der Waals surface area contributed by atoms with E-state index in [0.29, 0.717) is 12.8 Å². The minimum atomic E-state index is -3.76. The van der Waals surface area contributed by atoms with Gasteiger partial charge in [0, 0.05) is 0 Å². The summed E-state index contributed by atoms with van der Waals surface area (Å²) in [5.74, 6) is -1.49. The van der Waals surface area contributed by atoms with Crippen LogP contribution in [0.4, 0.5) is 0 Å². The predicted molar refractivity (Wildman–Crippen MR) is 79.5 cm³/mol. The maximum absolute atomic E-state index is 11.9. The molecule has 2 unspecified atom stereocenters. The van der Waals surface area contributed by atoms with Crippen molar-refractivity contribution in [3.8, 4) is 0 Å². The number of carbonyl (C=O) groups excluding carboxylic acids is 2. The molecule has 0 spiro atoms. The van der Waals surface area contributed by atoms with Gasteiger partial charge in [-0.25, -0.2) is 0 Å². The molecular formula is C16H30O5Ti. The van der Waals surface area contributed by atoms with E-state index in [9.17, 15) is 12.9 Å². The van der Waals surface area contributed by atoms with E-state index in [1.165, 1.54) is 0 Å². The Hall–Kier alpha value is -0.546. The van der Waals surface area contributed by atoms with Crippen molar-refractivity contribution < 1.29 is 38.2 Å². The van der Waals surface area contributed by atoms with Crippen LogP contribution in [0.15, 0.2) is 0 Å². The van der Waals surface area contributed by atoms with Crippen molar-refractivity contribution in [2.24, 2.45) is 11.8 Å². The van der Waals surface area contributed by atoms with Crippen LogP contribution in [0.25, 0.3) is 0 Å². The van der Waals surface area contributed by atoms with Crippen LogP contribution in [0.1, 0.15) is 79.1 Å². The SMILES string of the molecule is CCCCC(CC)C(=O)[O][Ti](=[O])[O]C(=O)C(CC)CCCC. The molecule has 0 rings (SSSR count). The Labute approximate surface area is 141 Å². The molecule has 0 bridgehead atoms. The van der Waals surface area contributed by atoms with E-state index in [0.717, 1.165) is 38.5 Å². The topological polar surface area (TPSA) is 69.7 Å². The van der Waals surface area contributed by atoms with Crippen molar-refractivity contribution in [1.82, 2.24) is 0 Å². The third-order valence-electron chi connectivity index (χ3n) is 3.83. The first kappa shape index (κ1) is 21.5. The summed E-state index contributed by atoms with van der Waals surface area (Å²) in [6.07, 6.45) is 6.58. The molecule has 6 heteroatoms. The normalized spacial score (nSPS) is 13.3. The van der Waals surface area contributed by atoms with Gasteiger partial charge in [-0.2, -0.15) is 0 Å². The van der Waals surface area contributed by atoms with Crippen LogP contribution in [0.5, 0.6) is 0 Å². The Balaban J connectivity index is 4.35. The Morgan fingerprint density at radius 1 is 0.818 bits per heavy atom. The van der Waals surface area contributed by atoms with Gasteiger partial charge < -0.3 is 0 Å². The second-order valence-corrected chi connectivity index (χ2v) is 7.01. The minimum absolute atomic E-state index is 0.253. The molecule has 0 N–H and O–H groups in total. The van der Waals surface area contributed by atoms with Crippen LogP contribution in [-0.4, -0.2) is 11.9 Å². The molecule has 0 radical (unpaired) electrons. The zero-order valence-electron chi connectivity index (χ0n) is 14.4. The average Bonchev–Trinajstić information content (AvgIpc) is 2.48. The van der Waals surface area contributed by atoms with Gasteiger partial charge in [-0.15, -0.1) is 0 Å². The first-order chi connectivity index (χ1) is 10.5. The van der Waals surface area contributed by atoms with E-state index in [2.05, 4.69) is 0 Å². The van der Waals surface area contributed by atoms with Gasteiger partial charge in [0.05, 0.1) is 0 Å². The van der Waals surface area contributed by atoms with E-state index < -0.39 is 30.6 Å². The molecule has 0 aromatic heterocycles. The van der Waals surface area contributed by atoms with Gasteiger partial charge in [0.15, 0.2) is 0 Å². The van der Waals surface area contributed by atoms with Crippen LogP contribution in [0, 0.1) is 11.8 Å². The molecule has 0 aromatic carbocycles. The molecule has 0 saturated heterocycles. The standard InChI is InChI=1S/2C8H16O2.O.Ti/c2*1-3-5-6-7(4-2)8(9)10;;/h2*7H,3-6H2,1-2H3,(H,9,10);;/q;;;+2/p-2. The summed E-state index contributed by atoms with van der Waals surface area (Å²) in [6.45, 7) is 7.90. The summed E-state index contributed by atoms with van der Waals surface area (Å²) in [5, 5.41) is 0. The maximum atomic E-state index is 11.9. The summed E-state index contributed by atoms with van der Waals surface area (Å²) >= 11 is -3.76. The number of rotatable bonds is 12. The Kier molecular flexibility index (Phi) is 12.6. The van der Waals surface area contributed by atoms with Crippen LogP contribution < -0.4 is 0 Å². The molecule has 0 aromatic rings. The zero-order valence-corrected chi connectivity index (χ0v) is 15.9. The Morgan fingerprint density at radius 2 is 1.18 bits per heavy atom. The number of unbranched alkanes of at least 4 members (excludes halogenated alkanes) is 2. The van der Waals surface area contributed by atoms with Gasteiger partial charge in [-0.3, -0.25) is 0 Å². The van der Waals surface area contributed by atoms with Crippen molar-refractivity contribution in [3.05, 3.63) is 0 Å². The molecule has 128 valence electrons. The van der Waals surface area contributed by atoms with Gasteiger partial charge >= 0.3 is 141 Å². The van der Waals surface area contributed by atoms with Crippen LogP contribution in [0.2, 0.25) is 0 Å². The van der Waals surface area contributed by atoms with Crippen molar-refractivity contribution in [2.45, 2.75) is 79.1 Å². The molecule has 0 amide bonds. The summed E-state index contributed by atoms with van der Waals surface area (Å²) in [5.41, 5.74) is 0. The second-order valence-electron chi connectivity index (χ2n) is 5.59. The molecule has 0 saturated carbocycles. The van der Waals surface area contributed by atoms with Crippen LogP contribution >= 0.6 is 0 Å². The number of hydrogen-bond donors (Lipinski definition) is 0. The average molecular weight is 350 g/mol. The fourth-order valence-corrected chi connectivity index (χ4v) is 3.33. The van der Waals surface area contributed by atoms with Gasteiger partial charge in [-0.05, 0) is 0 Å². The molecular weight excluding hydrogens is 320 g/mol. The van der Waals surface area contributed by atoms with Crippen LogP contribution in [-0.2, 0) is 38.2 Å². The summed E-state index contributed by atoms with van der Waals surface area (Å²) in [6, 6.07) is 0. The second kappa shape index (κ2) is 12.9. The predicted octanol–water partition coefficient (Wildman–Crippen LogP) is 4.30. The Morgan fingerprint density at radius 3 is 1.45 bits per heavy atom. The molecule has 5 nitrogen and oxygen atoms in total. The molecule has 22 heavy (non-hydrogen) atoms. The van der Waals surface area contributed by atoms with Gasteiger partial charge in [0.2, 0.25) is 0 Å². The van der Waals surface area contributed by atoms with Gasteiger partial charge in [0.1, 0.15) is 0 Å². The molecule has 0 aliphatic carbocycles. The van der Waals surface area contributed by atoms with E-state index in [4.69, 9.17) is 6.64 Å². The number of hydrogen-bond acceptors (Lipinski definition) is 5. The molecule has 0 heterocycles. The monoisotopic (exact) mass is 350 g/mol. The van der Waals surface area contributed by atoms with Crippen molar-refractivity contribution in [2.75, 3.05) is 0 Å². The molecule has 0 fully saturated rings. The molecule has 0 aliphatic rings. The molecule has 2 atom stereocenters. The van der Waals surface area contributed by atoms with Gasteiger partial charge in [0.25, 0.3) is 0 Å². The van der Waals surface area contributed by atoms with E-state index in [1.54, 1.807) is 0 Å². The quantitative estimate of drug-likeness (QED) is 0.491. The fraction of sp³-hybridized carbons (Fsp3) is 0.875. The summed E-state index contributed by atoms with van der Waals surface area (Å²) in [7, 11) is 0. The van der Waals surface area contributed by atoms with E-state index in [1.807, 2.05) is 27.7 Å². The third-order valence-corrected chi connectivity index (χ3v) is 4.98. The third kappa shape index (κ3) is 8.79. The van der Waals surface area contributed by atoms with E-state index >= 15 is 0 Å². The summed E-state index contributed by atoms with van der Waals surface area (Å²) in [4.78, 5) is 23.8. The van der Waals surface area contributed by atoms with Gasteiger partial charge in [-0.1, -0.05) is 0 Å². The summed E-state index contributed by atoms with van der Waals surface area (Å²) < 4.78 is 21.6. The fourth-order valence-electron chi connectivity index (χ4n) is 2.23. The van der Waals surface area contributed by atoms with Crippen LogP contribution in [0.3, 0.4) is 0 Å². The van der Waals surface area contributed by atoms with Crippen molar-refractivity contribution >= 4 is 11.9 Å². The zero-order chi connectivity index (χ0) is 17.0.